The first-order valence-electron chi connectivity index (χ1n) is 7.72. The summed E-state index contributed by atoms with van der Waals surface area (Å²) in [5, 5.41) is 0. The number of pyridine rings is 1. The largest absolute Gasteiger partial charge is 0.350 e. The fourth-order valence-corrected chi connectivity index (χ4v) is 3.52. The molecule has 21 heavy (non-hydrogen) atoms. The van der Waals surface area contributed by atoms with Crippen molar-refractivity contribution in [2.45, 2.75) is 38.8 Å². The fraction of sp³-hybridized carbons (Fsp3) is 0.389. The molecule has 2 nitrogen and oxygen atoms in total. The van der Waals surface area contributed by atoms with E-state index in [9.17, 15) is 0 Å². The van der Waals surface area contributed by atoms with Crippen molar-refractivity contribution in [3.05, 3.63) is 63.9 Å². The molecule has 0 aliphatic carbocycles. The number of piperidine rings is 1. The number of hydrogen-bond acceptors (Lipinski definition) is 2. The van der Waals surface area contributed by atoms with Crippen LogP contribution in [0.25, 0.3) is 0 Å². The normalized spacial score (nSPS) is 19.6. The number of rotatable bonds is 3. The van der Waals surface area contributed by atoms with Crippen molar-refractivity contribution in [2.75, 3.05) is 6.54 Å². The zero-order valence-corrected chi connectivity index (χ0v) is 13.3. The molecule has 0 amide bonds. The number of aromatic nitrogens is 1. The highest BCUT2D eigenvalue weighted by molar-refractivity contribution is 7.71. The van der Waals surface area contributed by atoms with E-state index in [0.717, 1.165) is 11.2 Å². The van der Waals surface area contributed by atoms with Gasteiger partial charge in [0.15, 0.2) is 0 Å². The number of H-pyrrole nitrogens is 1. The molecule has 1 fully saturated rings. The highest BCUT2D eigenvalue weighted by atomic mass is 32.1. The molecule has 1 aliphatic heterocycles. The quantitative estimate of drug-likeness (QED) is 0.822. The van der Waals surface area contributed by atoms with Gasteiger partial charge in [-0.1, -0.05) is 55.0 Å². The number of aryl methyl sites for hydroxylation is 1. The molecule has 1 saturated heterocycles. The van der Waals surface area contributed by atoms with Gasteiger partial charge >= 0.3 is 0 Å². The molecule has 110 valence electrons. The molecular formula is C18H22N2S. The second-order valence-corrected chi connectivity index (χ2v) is 6.31. The molecule has 0 radical (unpaired) electrons. The summed E-state index contributed by atoms with van der Waals surface area (Å²) < 4.78 is 0.821. The van der Waals surface area contributed by atoms with Gasteiger partial charge in [0.05, 0.1) is 0 Å². The van der Waals surface area contributed by atoms with Gasteiger partial charge in [0, 0.05) is 18.3 Å². The summed E-state index contributed by atoms with van der Waals surface area (Å²) in [6.07, 6.45) is 3.84. The van der Waals surface area contributed by atoms with Gasteiger partial charge in [0.1, 0.15) is 4.64 Å². The molecule has 2 aromatic rings. The van der Waals surface area contributed by atoms with Crippen molar-refractivity contribution in [3.8, 4) is 0 Å². The predicted molar refractivity (Wildman–Crippen MR) is 89.8 cm³/mol. The molecule has 1 atom stereocenters. The number of benzene rings is 1. The van der Waals surface area contributed by atoms with E-state index in [0.29, 0.717) is 6.04 Å². The van der Waals surface area contributed by atoms with Crippen LogP contribution in [-0.4, -0.2) is 16.4 Å². The van der Waals surface area contributed by atoms with E-state index in [1.54, 1.807) is 0 Å². The molecule has 1 N–H and O–H groups in total. The molecule has 0 spiro atoms. The van der Waals surface area contributed by atoms with E-state index in [4.69, 9.17) is 12.2 Å². The maximum Gasteiger partial charge on any atom is 0.103 e. The van der Waals surface area contributed by atoms with Crippen molar-refractivity contribution in [1.82, 2.24) is 9.88 Å². The maximum absolute atomic E-state index is 5.23. The van der Waals surface area contributed by atoms with Gasteiger partial charge < -0.3 is 4.98 Å². The Morgan fingerprint density at radius 2 is 1.95 bits per heavy atom. The minimum absolute atomic E-state index is 0.505. The van der Waals surface area contributed by atoms with E-state index in [1.807, 2.05) is 6.07 Å². The van der Waals surface area contributed by atoms with Crippen LogP contribution in [0, 0.1) is 11.6 Å². The lowest BCUT2D eigenvalue weighted by atomic mass is 9.94. The van der Waals surface area contributed by atoms with Crippen molar-refractivity contribution in [2.24, 2.45) is 0 Å². The summed E-state index contributed by atoms with van der Waals surface area (Å²) in [7, 11) is 0. The van der Waals surface area contributed by atoms with E-state index < -0.39 is 0 Å². The van der Waals surface area contributed by atoms with Gasteiger partial charge in [-0.2, -0.15) is 0 Å². The van der Waals surface area contributed by atoms with Gasteiger partial charge in [-0.25, -0.2) is 0 Å². The van der Waals surface area contributed by atoms with Gasteiger partial charge in [-0.15, -0.1) is 0 Å². The number of nitrogens with one attached hydrogen (secondary N) is 1. The van der Waals surface area contributed by atoms with Crippen LogP contribution in [0.2, 0.25) is 0 Å². The van der Waals surface area contributed by atoms with Crippen LogP contribution in [0.15, 0.2) is 42.5 Å². The third kappa shape index (κ3) is 3.42. The van der Waals surface area contributed by atoms with Crippen LogP contribution in [-0.2, 0) is 6.54 Å². The SMILES string of the molecule is Cc1[nH]c(=S)ccc1C1CCCCN1Cc1ccccc1. The Morgan fingerprint density at radius 3 is 2.71 bits per heavy atom. The van der Waals surface area contributed by atoms with Crippen molar-refractivity contribution in [3.63, 3.8) is 0 Å². The van der Waals surface area contributed by atoms with E-state index in [-0.39, 0.29) is 0 Å². The minimum atomic E-state index is 0.505. The second kappa shape index (κ2) is 6.54. The Hall–Kier alpha value is -1.45. The topological polar surface area (TPSA) is 19.0 Å². The molecular weight excluding hydrogens is 276 g/mol. The smallest absolute Gasteiger partial charge is 0.103 e. The first-order chi connectivity index (χ1) is 10.2. The molecule has 2 heterocycles. The van der Waals surface area contributed by atoms with Gasteiger partial charge in [-0.3, -0.25) is 4.90 Å². The summed E-state index contributed by atoms with van der Waals surface area (Å²) in [5.41, 5.74) is 4.01. The zero-order chi connectivity index (χ0) is 14.7. The lowest BCUT2D eigenvalue weighted by molar-refractivity contribution is 0.139. The average molecular weight is 298 g/mol. The third-order valence-electron chi connectivity index (χ3n) is 4.36. The average Bonchev–Trinajstić information content (AvgIpc) is 2.49. The molecule has 3 heteroatoms. The molecule has 1 aromatic carbocycles. The van der Waals surface area contributed by atoms with Gasteiger partial charge in [0.2, 0.25) is 0 Å². The number of aromatic amines is 1. The molecule has 0 bridgehead atoms. The first kappa shape index (κ1) is 14.5. The van der Waals surface area contributed by atoms with Gasteiger partial charge in [0.25, 0.3) is 0 Å². The highest BCUT2D eigenvalue weighted by Gasteiger charge is 2.25. The van der Waals surface area contributed by atoms with E-state index in [2.05, 4.69) is 53.2 Å². The van der Waals surface area contributed by atoms with Crippen molar-refractivity contribution in [1.29, 1.82) is 0 Å². The van der Waals surface area contributed by atoms with Crippen LogP contribution in [0.4, 0.5) is 0 Å². The second-order valence-electron chi connectivity index (χ2n) is 5.87. The lowest BCUT2D eigenvalue weighted by Gasteiger charge is -2.36. The van der Waals surface area contributed by atoms with Crippen molar-refractivity contribution < 1.29 is 0 Å². The fourth-order valence-electron chi connectivity index (χ4n) is 3.30. The number of hydrogen-bond donors (Lipinski definition) is 1. The minimum Gasteiger partial charge on any atom is -0.350 e. The summed E-state index contributed by atoms with van der Waals surface area (Å²) in [4.78, 5) is 5.92. The van der Waals surface area contributed by atoms with Crippen LogP contribution in [0.5, 0.6) is 0 Å². The summed E-state index contributed by atoms with van der Waals surface area (Å²) in [5.74, 6) is 0. The van der Waals surface area contributed by atoms with E-state index >= 15 is 0 Å². The van der Waals surface area contributed by atoms with E-state index in [1.165, 1.54) is 42.6 Å². The van der Waals surface area contributed by atoms with Gasteiger partial charge in [-0.05, 0) is 43.5 Å². The molecule has 3 rings (SSSR count). The molecule has 1 aromatic heterocycles. The highest BCUT2D eigenvalue weighted by Crippen LogP contribution is 2.33. The molecule has 1 aliphatic rings. The maximum atomic E-state index is 5.23. The Kier molecular flexibility index (Phi) is 4.51. The van der Waals surface area contributed by atoms with Crippen LogP contribution in [0.1, 0.15) is 42.1 Å². The summed E-state index contributed by atoms with van der Waals surface area (Å²) in [6.45, 7) is 4.34. The third-order valence-corrected chi connectivity index (χ3v) is 4.60. The molecule has 0 saturated carbocycles. The molecule has 1 unspecified atom stereocenters. The number of likely N-dealkylation sites (tertiary alicyclic amines) is 1. The van der Waals surface area contributed by atoms with Crippen molar-refractivity contribution >= 4 is 12.2 Å². The predicted octanol–water partition coefficient (Wildman–Crippen LogP) is 4.78. The van der Waals surface area contributed by atoms with Crippen LogP contribution < -0.4 is 0 Å². The van der Waals surface area contributed by atoms with Crippen LogP contribution in [0.3, 0.4) is 0 Å². The summed E-state index contributed by atoms with van der Waals surface area (Å²) >= 11 is 5.23. The Balaban J connectivity index is 1.86. The summed E-state index contributed by atoms with van der Waals surface area (Å²) in [6, 6.07) is 15.5. The standard InChI is InChI=1S/C18H22N2S/c1-14-16(10-11-18(21)19-14)17-9-5-6-12-20(17)13-15-7-3-2-4-8-15/h2-4,7-8,10-11,17H,5-6,9,12-13H2,1H3,(H,19,21). The number of nitrogens with zero attached hydrogens (tertiary/aromatic N) is 1. The first-order valence-corrected chi connectivity index (χ1v) is 8.12. The Morgan fingerprint density at radius 1 is 1.14 bits per heavy atom. The monoisotopic (exact) mass is 298 g/mol. The zero-order valence-electron chi connectivity index (χ0n) is 12.5. The Bertz CT molecular complexity index is 648. The van der Waals surface area contributed by atoms with Crippen LogP contribution >= 0.6 is 12.2 Å². The Labute approximate surface area is 131 Å². The lowest BCUT2D eigenvalue weighted by Crippen LogP contribution is -2.33.